The van der Waals surface area contributed by atoms with Gasteiger partial charge in [-0.05, 0) is 32.5 Å². The number of nitrogens with zero attached hydrogens (tertiary/aromatic N) is 3. The van der Waals surface area contributed by atoms with E-state index >= 15 is 0 Å². The van der Waals surface area contributed by atoms with Gasteiger partial charge in [-0.15, -0.1) is 0 Å². The van der Waals surface area contributed by atoms with Gasteiger partial charge in [0.15, 0.2) is 0 Å². The Morgan fingerprint density at radius 2 is 1.77 bits per heavy atom. The van der Waals surface area contributed by atoms with E-state index in [1.54, 1.807) is 12.1 Å². The van der Waals surface area contributed by atoms with E-state index < -0.39 is 4.92 Å². The molecule has 0 bridgehead atoms. The van der Waals surface area contributed by atoms with Gasteiger partial charge in [0.05, 0.1) is 4.92 Å². The minimum Gasteiger partial charge on any atom is -0.492 e. The molecule has 0 saturated carbocycles. The summed E-state index contributed by atoms with van der Waals surface area (Å²) in [4.78, 5) is 15.1. The maximum Gasteiger partial charge on any atom is 0.269 e. The maximum absolute atomic E-state index is 10.6. The summed E-state index contributed by atoms with van der Waals surface area (Å²) in [5.41, 5.74) is 0.0884. The van der Waals surface area contributed by atoms with E-state index in [4.69, 9.17) is 4.74 Å². The van der Waals surface area contributed by atoms with Crippen LogP contribution >= 0.6 is 0 Å². The van der Waals surface area contributed by atoms with Gasteiger partial charge in [0.25, 0.3) is 5.69 Å². The van der Waals surface area contributed by atoms with Gasteiger partial charge in [-0.1, -0.05) is 6.92 Å². The summed E-state index contributed by atoms with van der Waals surface area (Å²) < 4.78 is 5.70. The van der Waals surface area contributed by atoms with Crippen LogP contribution in [0.25, 0.3) is 0 Å². The Hall–Kier alpha value is -1.66. The van der Waals surface area contributed by atoms with Crippen molar-refractivity contribution in [1.82, 2.24) is 9.80 Å². The molecule has 22 heavy (non-hydrogen) atoms. The zero-order valence-corrected chi connectivity index (χ0v) is 13.6. The zero-order chi connectivity index (χ0) is 16.1. The molecule has 1 aliphatic heterocycles. The fourth-order valence-corrected chi connectivity index (χ4v) is 2.97. The van der Waals surface area contributed by atoms with Gasteiger partial charge in [0.1, 0.15) is 12.4 Å². The summed E-state index contributed by atoms with van der Waals surface area (Å²) in [6.45, 7) is 11.4. The Bertz CT molecular complexity index is 492. The first-order valence-corrected chi connectivity index (χ1v) is 7.86. The van der Waals surface area contributed by atoms with Crippen LogP contribution in [0.1, 0.15) is 20.8 Å². The highest BCUT2D eigenvalue weighted by Gasteiger charge is 2.27. The summed E-state index contributed by atoms with van der Waals surface area (Å²) >= 11 is 0. The number of nitro benzene ring substituents is 1. The van der Waals surface area contributed by atoms with Crippen LogP contribution in [-0.2, 0) is 0 Å². The highest BCUT2D eigenvalue weighted by Crippen LogP contribution is 2.18. The molecule has 0 N–H and O–H groups in total. The van der Waals surface area contributed by atoms with Crippen molar-refractivity contribution in [2.24, 2.45) is 0 Å². The van der Waals surface area contributed by atoms with E-state index in [9.17, 15) is 10.1 Å². The lowest BCUT2D eigenvalue weighted by atomic mass is 10.1. The molecule has 1 aromatic rings. The van der Waals surface area contributed by atoms with Gasteiger partial charge in [0, 0.05) is 43.9 Å². The van der Waals surface area contributed by atoms with Gasteiger partial charge in [-0.3, -0.25) is 19.9 Å². The normalized spacial score (nSPS) is 23.4. The molecular weight excluding hydrogens is 282 g/mol. The summed E-state index contributed by atoms with van der Waals surface area (Å²) in [6.07, 6.45) is 0. The average Bonchev–Trinajstić information content (AvgIpc) is 2.50. The molecule has 0 unspecified atom stereocenters. The number of hydrogen-bond donors (Lipinski definition) is 0. The molecular formula is C16H25N3O3. The number of piperazine rings is 1. The summed E-state index contributed by atoms with van der Waals surface area (Å²) in [6, 6.07) is 7.34. The van der Waals surface area contributed by atoms with Crippen LogP contribution in [0.5, 0.6) is 5.75 Å². The van der Waals surface area contributed by atoms with Crippen LogP contribution in [0.2, 0.25) is 0 Å². The average molecular weight is 307 g/mol. The molecule has 122 valence electrons. The van der Waals surface area contributed by atoms with E-state index in [0.717, 1.165) is 26.2 Å². The second-order valence-corrected chi connectivity index (χ2v) is 5.88. The molecule has 0 spiro atoms. The Balaban J connectivity index is 1.79. The number of nitro groups is 1. The largest absolute Gasteiger partial charge is 0.492 e. The third-order valence-electron chi connectivity index (χ3n) is 4.35. The van der Waals surface area contributed by atoms with E-state index in [1.807, 2.05) is 0 Å². The van der Waals surface area contributed by atoms with E-state index in [-0.39, 0.29) is 5.69 Å². The van der Waals surface area contributed by atoms with Crippen LogP contribution in [0, 0.1) is 10.1 Å². The molecule has 0 radical (unpaired) electrons. The highest BCUT2D eigenvalue weighted by atomic mass is 16.6. The fraction of sp³-hybridized carbons (Fsp3) is 0.625. The number of likely N-dealkylation sites (N-methyl/N-ethyl adjacent to an activating group) is 1. The van der Waals surface area contributed by atoms with Crippen molar-refractivity contribution in [3.05, 3.63) is 34.4 Å². The molecule has 2 atom stereocenters. The third-order valence-corrected chi connectivity index (χ3v) is 4.35. The first-order chi connectivity index (χ1) is 10.5. The molecule has 0 aliphatic carbocycles. The highest BCUT2D eigenvalue weighted by molar-refractivity contribution is 5.35. The maximum atomic E-state index is 10.6. The molecule has 6 nitrogen and oxygen atoms in total. The lowest BCUT2D eigenvalue weighted by Gasteiger charge is -2.43. The fourth-order valence-electron chi connectivity index (χ4n) is 2.97. The van der Waals surface area contributed by atoms with Gasteiger partial charge >= 0.3 is 0 Å². The smallest absolute Gasteiger partial charge is 0.269 e. The second kappa shape index (κ2) is 7.56. The van der Waals surface area contributed by atoms with Crippen LogP contribution < -0.4 is 4.74 Å². The van der Waals surface area contributed by atoms with Crippen molar-refractivity contribution in [2.45, 2.75) is 32.9 Å². The minimum atomic E-state index is -0.403. The van der Waals surface area contributed by atoms with Gasteiger partial charge < -0.3 is 4.74 Å². The molecule has 6 heteroatoms. The van der Waals surface area contributed by atoms with Gasteiger partial charge in [0.2, 0.25) is 0 Å². The van der Waals surface area contributed by atoms with Crippen molar-refractivity contribution >= 4 is 5.69 Å². The molecule has 1 aromatic carbocycles. The third kappa shape index (κ3) is 4.18. The van der Waals surface area contributed by atoms with Gasteiger partial charge in [-0.25, -0.2) is 0 Å². The van der Waals surface area contributed by atoms with Crippen molar-refractivity contribution < 1.29 is 9.66 Å². The minimum absolute atomic E-state index is 0.0884. The number of hydrogen-bond acceptors (Lipinski definition) is 5. The van der Waals surface area contributed by atoms with Crippen molar-refractivity contribution in [3.63, 3.8) is 0 Å². The van der Waals surface area contributed by atoms with Crippen molar-refractivity contribution in [1.29, 1.82) is 0 Å². The van der Waals surface area contributed by atoms with Crippen molar-refractivity contribution in [2.75, 3.05) is 32.8 Å². The second-order valence-electron chi connectivity index (χ2n) is 5.88. The van der Waals surface area contributed by atoms with Crippen LogP contribution in [-0.4, -0.2) is 59.6 Å². The predicted molar refractivity (Wildman–Crippen MR) is 86.3 cm³/mol. The number of rotatable bonds is 6. The Labute approximate surface area is 131 Å². The number of ether oxygens (including phenoxy) is 1. The summed E-state index contributed by atoms with van der Waals surface area (Å²) in [7, 11) is 0. The summed E-state index contributed by atoms with van der Waals surface area (Å²) in [5.74, 6) is 0.679. The van der Waals surface area contributed by atoms with Crippen LogP contribution in [0.4, 0.5) is 5.69 Å². The first-order valence-electron chi connectivity index (χ1n) is 7.86. The molecule has 1 fully saturated rings. The number of non-ortho nitro benzene ring substituents is 1. The zero-order valence-electron chi connectivity index (χ0n) is 13.6. The predicted octanol–water partition coefficient (Wildman–Crippen LogP) is 2.39. The quantitative estimate of drug-likeness (QED) is 0.596. The van der Waals surface area contributed by atoms with Crippen molar-refractivity contribution in [3.8, 4) is 5.75 Å². The topological polar surface area (TPSA) is 58.8 Å². The standard InChI is InChI=1S/C16H25N3O3/c1-4-17-11-14(3)18(12-13(17)2)9-10-22-16-7-5-15(6-8-16)19(20)21/h5-8,13-14H,4,9-12H2,1-3H3/t13-,14+/m1/s1. The van der Waals surface area contributed by atoms with Crippen LogP contribution in [0.15, 0.2) is 24.3 Å². The lowest BCUT2D eigenvalue weighted by molar-refractivity contribution is -0.384. The molecule has 0 aromatic heterocycles. The van der Waals surface area contributed by atoms with E-state index in [2.05, 4.69) is 30.6 Å². The van der Waals surface area contributed by atoms with Crippen LogP contribution in [0.3, 0.4) is 0 Å². The Morgan fingerprint density at radius 3 is 2.36 bits per heavy atom. The molecule has 1 aliphatic rings. The van der Waals surface area contributed by atoms with E-state index in [1.165, 1.54) is 12.1 Å². The SMILES string of the molecule is CCN1C[C@H](C)N(CCOc2ccc([N+](=O)[O-])cc2)C[C@H]1C. The van der Waals surface area contributed by atoms with Gasteiger partial charge in [-0.2, -0.15) is 0 Å². The Morgan fingerprint density at radius 1 is 1.18 bits per heavy atom. The number of benzene rings is 1. The first kappa shape index (κ1) is 16.7. The van der Waals surface area contributed by atoms with E-state index in [0.29, 0.717) is 24.4 Å². The Kier molecular flexibility index (Phi) is 5.74. The lowest BCUT2D eigenvalue weighted by Crippen LogP contribution is -2.56. The molecule has 0 amide bonds. The molecule has 1 saturated heterocycles. The molecule has 2 rings (SSSR count). The molecule has 1 heterocycles. The summed E-state index contributed by atoms with van der Waals surface area (Å²) in [5, 5.41) is 10.6. The monoisotopic (exact) mass is 307 g/mol.